The topological polar surface area (TPSA) is 89.3 Å². The third kappa shape index (κ3) is 5.26. The van der Waals surface area contributed by atoms with E-state index < -0.39 is 32.2 Å². The number of primary sulfonamides is 1. The minimum absolute atomic E-state index is 0.00587. The molecule has 0 heterocycles. The van der Waals surface area contributed by atoms with Crippen LogP contribution in [0.25, 0.3) is 0 Å². The molecule has 21 heavy (non-hydrogen) atoms. The number of hydrogen-bond acceptors (Lipinski definition) is 3. The maximum absolute atomic E-state index is 14.1. The Kier molecular flexibility index (Phi) is 5.35. The Morgan fingerprint density at radius 2 is 1.95 bits per heavy atom. The number of hydrogen-bond donors (Lipinski definition) is 2. The van der Waals surface area contributed by atoms with Crippen LogP contribution in [0.15, 0.2) is 17.0 Å². The molecule has 0 saturated carbocycles. The van der Waals surface area contributed by atoms with E-state index in [4.69, 9.17) is 16.7 Å². The van der Waals surface area contributed by atoms with Crippen molar-refractivity contribution in [1.29, 1.82) is 0 Å². The van der Waals surface area contributed by atoms with Gasteiger partial charge in [0.1, 0.15) is 4.90 Å². The number of carbonyl (C=O) groups is 1. The predicted octanol–water partition coefficient (Wildman–Crippen LogP) is 2.29. The molecule has 1 aromatic rings. The molecule has 1 aromatic carbocycles. The number of benzene rings is 1. The summed E-state index contributed by atoms with van der Waals surface area (Å²) in [5.74, 6) is -1.93. The molecule has 0 aliphatic carbocycles. The van der Waals surface area contributed by atoms with Crippen LogP contribution in [0.5, 0.6) is 0 Å². The highest BCUT2D eigenvalue weighted by Gasteiger charge is 2.23. The van der Waals surface area contributed by atoms with Gasteiger partial charge in [0.2, 0.25) is 10.0 Å². The third-order valence-electron chi connectivity index (χ3n) is 2.72. The summed E-state index contributed by atoms with van der Waals surface area (Å²) >= 11 is 5.71. The number of carbonyl (C=O) groups excluding carboxylic acids is 1. The molecule has 0 bridgehead atoms. The van der Waals surface area contributed by atoms with Gasteiger partial charge in [-0.1, -0.05) is 32.4 Å². The molecule has 0 aliphatic rings. The fraction of sp³-hybridized carbons (Fsp3) is 0.462. The second-order valence-electron chi connectivity index (χ2n) is 5.88. The van der Waals surface area contributed by atoms with Gasteiger partial charge in [0.15, 0.2) is 5.82 Å². The second kappa shape index (κ2) is 6.29. The zero-order valence-corrected chi connectivity index (χ0v) is 13.6. The molecule has 0 saturated heterocycles. The first kappa shape index (κ1) is 17.9. The van der Waals surface area contributed by atoms with Crippen LogP contribution >= 0.6 is 11.6 Å². The average Bonchev–Trinajstić information content (AvgIpc) is 2.28. The summed E-state index contributed by atoms with van der Waals surface area (Å²) < 4.78 is 36.6. The van der Waals surface area contributed by atoms with Crippen molar-refractivity contribution < 1.29 is 17.6 Å². The largest absolute Gasteiger partial charge is 0.352 e. The average molecular weight is 337 g/mol. The molecule has 0 aliphatic heterocycles. The van der Waals surface area contributed by atoms with Gasteiger partial charge in [-0.3, -0.25) is 4.79 Å². The summed E-state index contributed by atoms with van der Waals surface area (Å²) in [6, 6.07) is 1.94. The van der Waals surface area contributed by atoms with E-state index in [0.717, 1.165) is 12.1 Å². The highest BCUT2D eigenvalue weighted by molar-refractivity contribution is 7.89. The van der Waals surface area contributed by atoms with Gasteiger partial charge in [-0.05, 0) is 24.0 Å². The van der Waals surface area contributed by atoms with Crippen molar-refractivity contribution in [3.63, 3.8) is 0 Å². The van der Waals surface area contributed by atoms with Gasteiger partial charge in [-0.15, -0.1) is 0 Å². The Balaban J connectivity index is 3.03. The van der Waals surface area contributed by atoms with Crippen LogP contribution in [0, 0.1) is 11.2 Å². The maximum atomic E-state index is 14.1. The Morgan fingerprint density at radius 1 is 1.38 bits per heavy atom. The van der Waals surface area contributed by atoms with Gasteiger partial charge in [0.25, 0.3) is 5.91 Å². The summed E-state index contributed by atoms with van der Waals surface area (Å²) in [6.07, 6.45) is 0.684. The van der Waals surface area contributed by atoms with Gasteiger partial charge in [-0.2, -0.15) is 0 Å². The fourth-order valence-corrected chi connectivity index (χ4v) is 2.52. The highest BCUT2D eigenvalue weighted by atomic mass is 35.5. The summed E-state index contributed by atoms with van der Waals surface area (Å²) in [5.41, 5.74) is -0.438. The normalized spacial score (nSPS) is 12.3. The van der Waals surface area contributed by atoms with Crippen molar-refractivity contribution in [3.8, 4) is 0 Å². The first-order valence-electron chi connectivity index (χ1n) is 6.22. The number of rotatable bonds is 4. The van der Waals surface area contributed by atoms with E-state index in [2.05, 4.69) is 5.32 Å². The van der Waals surface area contributed by atoms with Crippen LogP contribution in [0.2, 0.25) is 5.02 Å². The molecule has 8 heteroatoms. The number of amides is 1. The minimum Gasteiger partial charge on any atom is -0.352 e. The Bertz CT molecular complexity index is 654. The molecule has 118 valence electrons. The minimum atomic E-state index is -4.30. The van der Waals surface area contributed by atoms with Crippen molar-refractivity contribution in [2.75, 3.05) is 6.54 Å². The first-order valence-corrected chi connectivity index (χ1v) is 8.14. The van der Waals surface area contributed by atoms with Crippen molar-refractivity contribution in [2.45, 2.75) is 32.1 Å². The van der Waals surface area contributed by atoms with Gasteiger partial charge in [0.05, 0.1) is 5.56 Å². The van der Waals surface area contributed by atoms with Crippen LogP contribution in [0.4, 0.5) is 4.39 Å². The van der Waals surface area contributed by atoms with Crippen molar-refractivity contribution in [1.82, 2.24) is 5.32 Å². The molecule has 1 amide bonds. The summed E-state index contributed by atoms with van der Waals surface area (Å²) in [7, 11) is -4.30. The quantitative estimate of drug-likeness (QED) is 0.884. The molecule has 0 fully saturated rings. The molecule has 0 atom stereocenters. The van der Waals surface area contributed by atoms with Crippen LogP contribution < -0.4 is 10.5 Å². The lowest BCUT2D eigenvalue weighted by molar-refractivity contribution is 0.0945. The lowest BCUT2D eigenvalue weighted by atomic mass is 9.92. The van der Waals surface area contributed by atoms with E-state index in [1.54, 1.807) is 0 Å². The van der Waals surface area contributed by atoms with E-state index in [0.29, 0.717) is 13.0 Å². The fourth-order valence-electron chi connectivity index (χ4n) is 1.58. The summed E-state index contributed by atoms with van der Waals surface area (Å²) in [6.45, 7) is 6.33. The highest BCUT2D eigenvalue weighted by Crippen LogP contribution is 2.23. The molecule has 0 unspecified atom stereocenters. The van der Waals surface area contributed by atoms with Gasteiger partial charge in [-0.25, -0.2) is 17.9 Å². The molecule has 0 aromatic heterocycles. The van der Waals surface area contributed by atoms with E-state index >= 15 is 0 Å². The smallest absolute Gasteiger partial charge is 0.254 e. The van der Waals surface area contributed by atoms with Crippen LogP contribution in [-0.2, 0) is 10.0 Å². The van der Waals surface area contributed by atoms with Gasteiger partial charge < -0.3 is 5.32 Å². The van der Waals surface area contributed by atoms with Crippen LogP contribution in [-0.4, -0.2) is 20.9 Å². The number of nitrogens with two attached hydrogens (primary N) is 1. The van der Waals surface area contributed by atoms with Crippen molar-refractivity contribution in [3.05, 3.63) is 28.5 Å². The summed E-state index contributed by atoms with van der Waals surface area (Å²) in [4.78, 5) is 11.1. The molecular formula is C13H18ClFN2O3S. The SMILES string of the molecule is CC(C)(C)CCNC(=O)c1cc(Cl)cc(S(N)(=O)=O)c1F. The van der Waals surface area contributed by atoms with Crippen LogP contribution in [0.3, 0.4) is 0 Å². The number of sulfonamides is 1. The number of nitrogens with one attached hydrogen (secondary N) is 1. The number of halogens is 2. The van der Waals surface area contributed by atoms with Crippen molar-refractivity contribution in [2.24, 2.45) is 10.6 Å². The van der Waals surface area contributed by atoms with Crippen molar-refractivity contribution >= 4 is 27.5 Å². The van der Waals surface area contributed by atoms with E-state index in [-0.39, 0.29) is 10.4 Å². The lowest BCUT2D eigenvalue weighted by Gasteiger charge is -2.18. The predicted molar refractivity (Wildman–Crippen MR) is 79.2 cm³/mol. The Hall–Kier alpha value is -1.18. The zero-order valence-electron chi connectivity index (χ0n) is 12.0. The molecule has 1 rings (SSSR count). The Labute approximate surface area is 128 Å². The standard InChI is InChI=1S/C13H18ClFN2O3S/c1-13(2,3)4-5-17-12(18)9-6-8(14)7-10(11(9)15)21(16,19)20/h6-7H,4-5H2,1-3H3,(H,17,18)(H2,16,19,20). The zero-order chi connectivity index (χ0) is 16.4. The van der Waals surface area contributed by atoms with E-state index in [1.807, 2.05) is 20.8 Å². The third-order valence-corrected chi connectivity index (χ3v) is 3.84. The summed E-state index contributed by atoms with van der Waals surface area (Å²) in [5, 5.41) is 7.34. The molecule has 5 nitrogen and oxygen atoms in total. The first-order chi connectivity index (χ1) is 9.42. The Morgan fingerprint density at radius 3 is 2.43 bits per heavy atom. The monoisotopic (exact) mass is 336 g/mol. The molecule has 0 spiro atoms. The second-order valence-corrected chi connectivity index (χ2v) is 7.84. The molecule has 0 radical (unpaired) electrons. The van der Waals surface area contributed by atoms with Gasteiger partial charge in [0, 0.05) is 11.6 Å². The van der Waals surface area contributed by atoms with E-state index in [9.17, 15) is 17.6 Å². The molecular weight excluding hydrogens is 319 g/mol. The van der Waals surface area contributed by atoms with Gasteiger partial charge >= 0.3 is 0 Å². The maximum Gasteiger partial charge on any atom is 0.254 e. The lowest BCUT2D eigenvalue weighted by Crippen LogP contribution is -2.28. The molecule has 3 N–H and O–H groups in total. The van der Waals surface area contributed by atoms with Crippen LogP contribution in [0.1, 0.15) is 37.6 Å². The van der Waals surface area contributed by atoms with E-state index in [1.165, 1.54) is 0 Å².